The van der Waals surface area contributed by atoms with Crippen LogP contribution in [0.1, 0.15) is 116 Å². The summed E-state index contributed by atoms with van der Waals surface area (Å²) in [6.45, 7) is 25.5. The predicted molar refractivity (Wildman–Crippen MR) is 371 cm³/mol. The van der Waals surface area contributed by atoms with Crippen LogP contribution in [0.4, 0.5) is 0 Å². The number of hydrogen-bond donors (Lipinski definition) is 0. The Labute approximate surface area is 575 Å². The van der Waals surface area contributed by atoms with Gasteiger partial charge in [-0.1, -0.05) is 388 Å². The molecule has 0 bridgehead atoms. The van der Waals surface area contributed by atoms with Crippen LogP contribution in [-0.2, 0) is 24.0 Å². The van der Waals surface area contributed by atoms with Crippen molar-refractivity contribution in [3.05, 3.63) is 88.0 Å². The van der Waals surface area contributed by atoms with Crippen molar-refractivity contribution in [3.63, 3.8) is 0 Å². The summed E-state index contributed by atoms with van der Waals surface area (Å²) in [5.74, 6) is 0.739. The smallest absolute Gasteiger partial charge is 0.386 e. The minimum Gasteiger partial charge on any atom is -0.386 e. The van der Waals surface area contributed by atoms with Gasteiger partial charge in [-0.15, -0.1) is 0 Å². The zero-order valence-electron chi connectivity index (χ0n) is 40.8. The molecule has 0 amide bonds. The first kappa shape index (κ1) is 71.2. The van der Waals surface area contributed by atoms with E-state index in [9.17, 15) is 0 Å². The molecule has 3 aromatic rings. The van der Waals surface area contributed by atoms with Gasteiger partial charge in [0.25, 0.3) is 0 Å². The van der Waals surface area contributed by atoms with E-state index in [0.717, 1.165) is 16.7 Å². The molecule has 0 saturated heterocycles. The molecule has 71 heavy (non-hydrogen) atoms. The highest BCUT2D eigenvalue weighted by Crippen LogP contribution is 2.66. The summed E-state index contributed by atoms with van der Waals surface area (Å²) in [5, 5.41) is 3.73. The van der Waals surface area contributed by atoms with Crippen LogP contribution in [0.25, 0.3) is 0 Å². The van der Waals surface area contributed by atoms with Gasteiger partial charge in [0.2, 0.25) is 0 Å². The summed E-state index contributed by atoms with van der Waals surface area (Å²) in [6, 6.07) is 17.4. The molecule has 0 saturated carbocycles. The molecule has 0 fully saturated rings. The van der Waals surface area contributed by atoms with E-state index in [1.54, 1.807) is 0 Å². The molecule has 3 rings (SSSR count). The summed E-state index contributed by atoms with van der Waals surface area (Å²) in [5.41, 5.74) is 2.09. The number of alkyl halides is 18. The maximum absolute atomic E-state index is 16.7. The van der Waals surface area contributed by atoms with Crippen LogP contribution in [0, 0.1) is 32.5 Å². The first-order valence-corrected chi connectivity index (χ1v) is 39.3. The van der Waals surface area contributed by atoms with E-state index < -0.39 is 43.5 Å². The molecule has 0 radical (unpaired) electrons. The van der Waals surface area contributed by atoms with Crippen molar-refractivity contribution in [2.24, 2.45) is 32.5 Å². The summed E-state index contributed by atoms with van der Waals surface area (Å²) in [4.78, 5) is 0. The first-order valence-electron chi connectivity index (χ1n) is 21.5. The highest BCUT2D eigenvalue weighted by atomic mass is 79.9. The lowest BCUT2D eigenvalue weighted by Crippen LogP contribution is -2.36. The SMILES string of the molecule is CC(C)(CBr)C(Br)(Br)c1ccc(OP(=O)(Oc2ccc(C(Br)(Br)C(C)(C)CBr)cc2C(Br)(Br)C(C)(C)CBr)Oc2ccc(C(Br)(Br)C(C)(C)CBr)cc2C(Br)(Br)C(C)(C)CBr)c(C(Br)(Br)C(C)(C)CBr)c1. The monoisotopic (exact) mass is 2150 g/mol. The van der Waals surface area contributed by atoms with E-state index in [0.29, 0.717) is 48.7 Å². The molecule has 0 aliphatic heterocycles. The Balaban J connectivity index is 2.69. The van der Waals surface area contributed by atoms with E-state index in [-0.39, 0.29) is 33.5 Å². The van der Waals surface area contributed by atoms with Crippen molar-refractivity contribution >= 4 is 295 Å². The number of hydrogen-bond acceptors (Lipinski definition) is 4. The number of phosphoric acid groups is 1. The quantitative estimate of drug-likeness (QED) is 0.0662. The lowest BCUT2D eigenvalue weighted by atomic mass is 9.83. The van der Waals surface area contributed by atoms with Gasteiger partial charge in [-0.2, -0.15) is 4.57 Å². The summed E-state index contributed by atoms with van der Waals surface area (Å²) < 4.78 is 32.8. The fraction of sp³-hybridized carbons (Fsp3) is 0.625. The van der Waals surface area contributed by atoms with E-state index >= 15 is 4.57 Å². The van der Waals surface area contributed by atoms with E-state index in [2.05, 4.69) is 370 Å². The topological polar surface area (TPSA) is 44.8 Å². The molecule has 0 aromatic heterocycles. The zero-order chi connectivity index (χ0) is 55.4. The Morgan fingerprint density at radius 3 is 0.662 bits per heavy atom. The van der Waals surface area contributed by atoms with Crippen molar-refractivity contribution in [2.75, 3.05) is 32.0 Å². The van der Waals surface area contributed by atoms with Gasteiger partial charge in [0.05, 0.1) is 0 Å². The molecule has 23 heteroatoms. The fourth-order valence-corrected chi connectivity index (χ4v) is 19.7. The Bertz CT molecular complexity index is 2150. The maximum atomic E-state index is 16.7. The van der Waals surface area contributed by atoms with Gasteiger partial charge >= 0.3 is 7.82 Å². The minimum absolute atomic E-state index is 0.246. The van der Waals surface area contributed by atoms with E-state index in [1.807, 2.05) is 54.6 Å². The largest absolute Gasteiger partial charge is 0.647 e. The van der Waals surface area contributed by atoms with Crippen molar-refractivity contribution < 1.29 is 18.1 Å². The number of halogens is 18. The van der Waals surface area contributed by atoms with Crippen molar-refractivity contribution in [1.82, 2.24) is 0 Å². The molecule has 0 aliphatic rings. The van der Waals surface area contributed by atoms with Crippen LogP contribution in [0.2, 0.25) is 0 Å². The summed E-state index contributed by atoms with van der Waals surface area (Å²) in [7, 11) is -4.89. The van der Waals surface area contributed by atoms with Gasteiger partial charge in [0, 0.05) is 81.2 Å². The predicted octanol–water partition coefficient (Wildman–Crippen LogP) is 25.5. The molecule has 3 aromatic carbocycles. The molecular weight excluding hydrogens is 2110 g/mol. The van der Waals surface area contributed by atoms with E-state index in [1.165, 1.54) is 0 Å². The molecule has 0 unspecified atom stereocenters. The van der Waals surface area contributed by atoms with Crippen LogP contribution in [0.15, 0.2) is 54.6 Å². The van der Waals surface area contributed by atoms with Gasteiger partial charge in [0.1, 0.15) is 36.6 Å². The highest BCUT2D eigenvalue weighted by Gasteiger charge is 2.53. The van der Waals surface area contributed by atoms with Gasteiger partial charge in [-0.3, -0.25) is 0 Å². The standard InChI is InChI=1S/C48H57Br18O4P/c1-37(2,22-49)43(55,56)28-13-16-34(31(19-28)46(61,62)40(7,8)25-52)68-71(67,69-35-17-14-29(44(57,58)38(3,4)23-50)20-32(35)47(63,64)41(9,10)26-53)70-36-18-15-30(45(59,60)39(5,6)24-51)21-33(36)48(65,66)42(11,12)27-54/h13-21H,22-27H2,1-12H3. The Morgan fingerprint density at radius 1 is 0.324 bits per heavy atom. The molecule has 0 heterocycles. The Morgan fingerprint density at radius 2 is 0.493 bits per heavy atom. The average Bonchev–Trinajstić information content (AvgIpc) is 3.28. The second-order valence-electron chi connectivity index (χ2n) is 21.4. The van der Waals surface area contributed by atoms with Crippen LogP contribution in [-0.4, -0.2) is 32.0 Å². The lowest BCUT2D eigenvalue weighted by molar-refractivity contribution is 0.287. The normalized spacial score (nSPS) is 14.7. The third-order valence-electron chi connectivity index (χ3n) is 12.8. The number of rotatable bonds is 24. The second kappa shape index (κ2) is 25.6. The summed E-state index contributed by atoms with van der Waals surface area (Å²) in [6.07, 6.45) is 0. The van der Waals surface area contributed by atoms with Crippen LogP contribution < -0.4 is 13.6 Å². The van der Waals surface area contributed by atoms with Gasteiger partial charge in [-0.05, 0) is 53.1 Å². The third kappa shape index (κ3) is 14.7. The third-order valence-corrected chi connectivity index (χ3v) is 40.6. The van der Waals surface area contributed by atoms with Crippen LogP contribution in [0.3, 0.4) is 0 Å². The Hall–Kier alpha value is 5.93. The molecule has 0 atom stereocenters. The first-order chi connectivity index (χ1) is 31.8. The van der Waals surface area contributed by atoms with E-state index in [4.69, 9.17) is 13.6 Å². The molecule has 0 aliphatic carbocycles. The number of benzene rings is 3. The average molecular weight is 2170 g/mol. The number of phosphoric ester groups is 1. The fourth-order valence-electron chi connectivity index (χ4n) is 6.34. The summed E-state index contributed by atoms with van der Waals surface area (Å²) >= 11 is 71.4. The van der Waals surface area contributed by atoms with Gasteiger partial charge < -0.3 is 13.6 Å². The second-order valence-corrected chi connectivity index (χ2v) is 46.9. The Kier molecular flexibility index (Phi) is 25.7. The van der Waals surface area contributed by atoms with Crippen molar-refractivity contribution in [1.29, 1.82) is 0 Å². The molecule has 4 nitrogen and oxygen atoms in total. The lowest BCUT2D eigenvalue weighted by Gasteiger charge is -2.42. The van der Waals surface area contributed by atoms with Crippen LogP contribution >= 0.6 is 295 Å². The zero-order valence-corrected chi connectivity index (χ0v) is 70.3. The maximum Gasteiger partial charge on any atom is 0.647 e. The van der Waals surface area contributed by atoms with Crippen molar-refractivity contribution in [3.8, 4) is 17.2 Å². The van der Waals surface area contributed by atoms with Gasteiger partial charge in [0.15, 0.2) is 0 Å². The molecule has 0 N–H and O–H groups in total. The van der Waals surface area contributed by atoms with Crippen LogP contribution in [0.5, 0.6) is 17.2 Å². The molecule has 404 valence electrons. The highest BCUT2D eigenvalue weighted by molar-refractivity contribution is 9.26. The minimum atomic E-state index is -4.89. The molecule has 0 spiro atoms. The van der Waals surface area contributed by atoms with Crippen molar-refractivity contribution in [2.45, 2.75) is 102 Å². The molecular formula is C48H57Br18O4P. The van der Waals surface area contributed by atoms with Gasteiger partial charge in [-0.25, -0.2) is 0 Å².